The van der Waals surface area contributed by atoms with Crippen LogP contribution in [0.2, 0.25) is 0 Å². The van der Waals surface area contributed by atoms with E-state index in [-0.39, 0.29) is 82.2 Å². The Kier molecular flexibility index (Phi) is 36.1. The zero-order chi connectivity index (χ0) is 72.6. The van der Waals surface area contributed by atoms with Crippen LogP contribution in [0, 0.1) is 29.6 Å². The summed E-state index contributed by atoms with van der Waals surface area (Å²) >= 11 is 0. The van der Waals surface area contributed by atoms with E-state index in [1.54, 1.807) is 26.0 Å². The molecule has 0 bridgehead atoms. The molecule has 5 unspecified atom stereocenters. The molecule has 14 N–H and O–H groups in total. The number of nitrogens with one attached hydrogen (secondary N) is 8. The second-order valence-corrected chi connectivity index (χ2v) is 27.3. The topological polar surface area (TPSA) is 470 Å². The van der Waals surface area contributed by atoms with E-state index in [1.807, 2.05) is 46.8 Å². The van der Waals surface area contributed by atoms with E-state index in [2.05, 4.69) is 42.5 Å². The Hall–Kier alpha value is -7.96. The number of aryl methyl sites for hydroxylation is 1. The van der Waals surface area contributed by atoms with Crippen molar-refractivity contribution in [3.05, 3.63) is 35.4 Å². The molecule has 1 aromatic rings. The van der Waals surface area contributed by atoms with Gasteiger partial charge in [0.25, 0.3) is 5.91 Å². The Morgan fingerprint density at radius 2 is 1.11 bits per heavy atom. The smallest absolute Gasteiger partial charge is 0.326 e. The number of amides is 7. The summed E-state index contributed by atoms with van der Waals surface area (Å²) in [5.74, 6) is -12.2. The van der Waals surface area contributed by atoms with Crippen LogP contribution in [0.3, 0.4) is 0 Å². The van der Waals surface area contributed by atoms with Gasteiger partial charge in [-0.2, -0.15) is 0 Å². The summed E-state index contributed by atoms with van der Waals surface area (Å²) in [5.41, 5.74) is 3.57. The van der Waals surface area contributed by atoms with Crippen molar-refractivity contribution in [2.24, 2.45) is 28.4 Å². The van der Waals surface area contributed by atoms with Gasteiger partial charge in [0.15, 0.2) is 11.6 Å². The van der Waals surface area contributed by atoms with Gasteiger partial charge in [-0.1, -0.05) is 45.4 Å². The molecule has 1 aliphatic rings. The molecule has 540 valence electrons. The van der Waals surface area contributed by atoms with Gasteiger partial charge in [0.2, 0.25) is 35.4 Å². The largest absolute Gasteiger partial charge is 0.481 e. The Morgan fingerprint density at radius 1 is 0.562 bits per heavy atom. The number of hydrogen-bond donors (Lipinski definition) is 13. The number of ether oxygens (including phenoxy) is 3. The van der Waals surface area contributed by atoms with E-state index in [0.717, 1.165) is 12.7 Å². The first kappa shape index (κ1) is 84.1. The number of hydrogen-bond acceptors (Lipinski definition) is 19. The maximum Gasteiger partial charge on any atom is 0.326 e. The minimum atomic E-state index is -1.72. The number of unbranched alkanes of at least 4 members (excludes halogenated alkanes) is 1. The number of methoxy groups -OCH3 is 1. The highest BCUT2D eigenvalue weighted by Crippen LogP contribution is 2.38. The van der Waals surface area contributed by atoms with Crippen LogP contribution in [0.4, 0.5) is 0 Å². The van der Waals surface area contributed by atoms with E-state index >= 15 is 0 Å². The molecule has 7 amide bonds. The summed E-state index contributed by atoms with van der Waals surface area (Å²) in [6.45, 7) is 16.0. The van der Waals surface area contributed by atoms with Crippen molar-refractivity contribution in [2.45, 2.75) is 219 Å². The predicted molar refractivity (Wildman–Crippen MR) is 348 cm³/mol. The number of primary amides is 1. The van der Waals surface area contributed by atoms with Gasteiger partial charge in [0, 0.05) is 63.2 Å². The van der Waals surface area contributed by atoms with E-state index in [0.29, 0.717) is 70.0 Å². The highest BCUT2D eigenvalue weighted by molar-refractivity contribution is 5.98. The highest BCUT2D eigenvalue weighted by Gasteiger charge is 2.39. The number of nitrogens with two attached hydrogens (primary N) is 1. The monoisotopic (exact) mass is 1360 g/mol. The molecule has 1 saturated carbocycles. The number of carboxylic acids is 4. The van der Waals surface area contributed by atoms with Crippen LogP contribution in [0.5, 0.6) is 0 Å². The SMILES string of the molecule is COC(=O)CCC(NC(=O)C(CCC(=O)O)NC(=O)C(CCC(=O)O)NC(=O)CCC(NC(=O)C1CCC(CNC(=O)CC(C)(C)CC(C)(C)CC(=O)O)CC1)C(=O)O)C(=O)C(C)(C)NCCOCCOCC(=O)C(C)(C)NC(CCCCNC(=O)c1ccc(C)cc1)C(N)=O. The maximum absolute atomic E-state index is 14.2. The lowest BCUT2D eigenvalue weighted by molar-refractivity contribution is -0.143. The molecule has 0 spiro atoms. The number of benzene rings is 1. The summed E-state index contributed by atoms with van der Waals surface area (Å²) in [5, 5.41) is 59.9. The fraction of sp³-hybridized carbons (Fsp3) is 0.697. The van der Waals surface area contributed by atoms with E-state index < -0.39 is 162 Å². The fourth-order valence-corrected chi connectivity index (χ4v) is 11.4. The minimum Gasteiger partial charge on any atom is -0.481 e. The zero-order valence-electron chi connectivity index (χ0n) is 57.3. The number of esters is 1. The Bertz CT molecular complexity index is 2820. The number of carbonyl (C=O) groups excluding carboxylic acids is 10. The van der Waals surface area contributed by atoms with Crippen LogP contribution in [0.25, 0.3) is 0 Å². The maximum atomic E-state index is 14.2. The number of Topliss-reactive ketones (excluding diaryl/α,β-unsaturated/α-hetero) is 2. The van der Waals surface area contributed by atoms with Crippen LogP contribution in [-0.4, -0.2) is 198 Å². The van der Waals surface area contributed by atoms with Crippen LogP contribution in [0.15, 0.2) is 24.3 Å². The van der Waals surface area contributed by atoms with Gasteiger partial charge in [-0.15, -0.1) is 0 Å². The molecule has 1 aliphatic carbocycles. The third-order valence-electron chi connectivity index (χ3n) is 16.5. The normalized spacial score (nSPS) is 15.8. The summed E-state index contributed by atoms with van der Waals surface area (Å²) in [4.78, 5) is 179. The molecule has 0 aromatic heterocycles. The molecule has 30 nitrogen and oxygen atoms in total. The van der Waals surface area contributed by atoms with Gasteiger partial charge in [-0.3, -0.25) is 67.6 Å². The van der Waals surface area contributed by atoms with Crippen molar-refractivity contribution in [2.75, 3.05) is 53.2 Å². The highest BCUT2D eigenvalue weighted by atomic mass is 16.5. The molecule has 2 rings (SSSR count). The molecular formula is C66H105N9O21. The average Bonchev–Trinajstić information content (AvgIpc) is 0.871. The van der Waals surface area contributed by atoms with Crippen molar-refractivity contribution >= 4 is 82.8 Å². The average molecular weight is 1360 g/mol. The van der Waals surface area contributed by atoms with Crippen molar-refractivity contribution in [3.63, 3.8) is 0 Å². The zero-order valence-corrected chi connectivity index (χ0v) is 57.3. The quantitative estimate of drug-likeness (QED) is 0.0329. The third-order valence-corrected chi connectivity index (χ3v) is 16.5. The van der Waals surface area contributed by atoms with Gasteiger partial charge >= 0.3 is 29.8 Å². The summed E-state index contributed by atoms with van der Waals surface area (Å²) in [6.07, 6.45) is -0.331. The number of rotatable bonds is 49. The van der Waals surface area contributed by atoms with Gasteiger partial charge in [0.05, 0.1) is 56.5 Å². The Balaban J connectivity index is 1.99. The van der Waals surface area contributed by atoms with Crippen molar-refractivity contribution in [1.29, 1.82) is 0 Å². The summed E-state index contributed by atoms with van der Waals surface area (Å²) in [6, 6.07) is -0.104. The molecule has 1 fully saturated rings. The minimum absolute atomic E-state index is 0.0165. The predicted octanol–water partition coefficient (Wildman–Crippen LogP) is 2.37. The first-order valence-electron chi connectivity index (χ1n) is 32.6. The van der Waals surface area contributed by atoms with Crippen LogP contribution < -0.4 is 48.3 Å². The molecule has 5 atom stereocenters. The van der Waals surface area contributed by atoms with Crippen LogP contribution in [0.1, 0.15) is 187 Å². The molecule has 30 heteroatoms. The second kappa shape index (κ2) is 41.2. The second-order valence-electron chi connectivity index (χ2n) is 27.3. The summed E-state index contributed by atoms with van der Waals surface area (Å²) in [7, 11) is 1.11. The lowest BCUT2D eigenvalue weighted by Crippen LogP contribution is -2.60. The number of carboxylic acid groups (broad SMARTS) is 4. The van der Waals surface area contributed by atoms with Gasteiger partial charge in [-0.05, 0) is 141 Å². The standard InChI is InChI=1S/C66H105N9O21/c1-40-14-18-42(19-15-40)58(88)68-30-12-11-13-45(57(67)87)75-65(6,7)49(76)38-96-34-33-95-32-31-70-66(8,9)56(86)44(25-29-55(85)94-10)72-61(91)47(24-28-53(81)82)73-60(90)46(23-27-52(79)80)71-50(77)26-22-48(62(92)93)74-59(89)43-20-16-41(17-21-43)37-69-51(78)35-63(2,3)39-64(4,5)36-54(83)84/h14-15,18-19,41,43-48,70,75H,11-13,16-17,20-39H2,1-10H3,(H2,67,87)(H,68,88)(H,69,78)(H,71,77)(H,72,91)(H,73,90)(H,74,89)(H,79,80)(H,81,82)(H,83,84)(H,92,93). The van der Waals surface area contributed by atoms with Gasteiger partial charge in [0.1, 0.15) is 24.7 Å². The third kappa shape index (κ3) is 33.6. The fourth-order valence-electron chi connectivity index (χ4n) is 11.4. The lowest BCUT2D eigenvalue weighted by atomic mass is 9.71. The molecule has 1 aromatic carbocycles. The first-order valence-corrected chi connectivity index (χ1v) is 32.6. The van der Waals surface area contributed by atoms with Crippen molar-refractivity contribution in [3.8, 4) is 0 Å². The van der Waals surface area contributed by atoms with Gasteiger partial charge < -0.3 is 77.6 Å². The van der Waals surface area contributed by atoms with Crippen molar-refractivity contribution in [1.82, 2.24) is 42.5 Å². The number of ketones is 2. The Morgan fingerprint density at radius 3 is 1.68 bits per heavy atom. The molecule has 96 heavy (non-hydrogen) atoms. The molecular weight excluding hydrogens is 1250 g/mol. The van der Waals surface area contributed by atoms with E-state index in [4.69, 9.17) is 19.9 Å². The van der Waals surface area contributed by atoms with Crippen LogP contribution >= 0.6 is 0 Å². The molecule has 0 radical (unpaired) electrons. The van der Waals surface area contributed by atoms with Crippen molar-refractivity contribution < 1.29 is 102 Å². The first-order chi connectivity index (χ1) is 44.8. The molecule has 0 saturated heterocycles. The van der Waals surface area contributed by atoms with Crippen LogP contribution in [-0.2, 0) is 76.5 Å². The molecule has 0 aliphatic heterocycles. The summed E-state index contributed by atoms with van der Waals surface area (Å²) < 4.78 is 15.9. The number of aliphatic carboxylic acids is 4. The lowest BCUT2D eigenvalue weighted by Gasteiger charge is -2.34. The van der Waals surface area contributed by atoms with Gasteiger partial charge in [-0.25, -0.2) is 4.79 Å². The van der Waals surface area contributed by atoms with E-state index in [9.17, 15) is 87.5 Å². The number of carbonyl (C=O) groups is 14. The molecule has 0 heterocycles. The van der Waals surface area contributed by atoms with E-state index in [1.165, 1.54) is 13.8 Å². The Labute approximate surface area is 561 Å².